The maximum Gasteiger partial charge on any atom is 0.303 e. The summed E-state index contributed by atoms with van der Waals surface area (Å²) < 4.78 is 20.3. The molecule has 2 aliphatic rings. The van der Waals surface area contributed by atoms with E-state index in [4.69, 9.17) is 37.4 Å². The summed E-state index contributed by atoms with van der Waals surface area (Å²) in [6.07, 6.45) is 3.08. The van der Waals surface area contributed by atoms with E-state index in [0.717, 1.165) is 16.7 Å². The van der Waals surface area contributed by atoms with Crippen molar-refractivity contribution in [3.63, 3.8) is 0 Å². The van der Waals surface area contributed by atoms with Gasteiger partial charge >= 0.3 is 5.97 Å². The minimum absolute atomic E-state index is 0.0536. The van der Waals surface area contributed by atoms with Gasteiger partial charge in [-0.05, 0) is 24.3 Å². The van der Waals surface area contributed by atoms with Crippen LogP contribution < -0.4 is 4.74 Å². The van der Waals surface area contributed by atoms with Crippen molar-refractivity contribution in [3.8, 4) is 5.75 Å². The Labute approximate surface area is 210 Å². The molecule has 9 nitrogen and oxygen atoms in total. The fourth-order valence-electron chi connectivity index (χ4n) is 5.14. The third-order valence-corrected chi connectivity index (χ3v) is 7.42. The third kappa shape index (κ3) is 3.78. The first kappa shape index (κ1) is 22.5. The molecule has 11 heteroatoms. The topological polar surface area (TPSA) is 101 Å². The summed E-state index contributed by atoms with van der Waals surface area (Å²) in [4.78, 5) is 29.0. The lowest BCUT2D eigenvalue weighted by atomic mass is 9.69. The smallest absolute Gasteiger partial charge is 0.303 e. The highest BCUT2D eigenvalue weighted by Crippen LogP contribution is 2.54. The molecule has 1 aliphatic heterocycles. The van der Waals surface area contributed by atoms with Gasteiger partial charge in [0.2, 0.25) is 0 Å². The average molecular weight is 514 g/mol. The first-order valence-corrected chi connectivity index (χ1v) is 12.0. The molecule has 6 rings (SSSR count). The Morgan fingerprint density at radius 2 is 1.97 bits per heavy atom. The summed E-state index contributed by atoms with van der Waals surface area (Å²) in [5.74, 6) is 0.264. The van der Waals surface area contributed by atoms with Crippen LogP contribution in [0.2, 0.25) is 10.3 Å². The second kappa shape index (κ2) is 8.29. The van der Waals surface area contributed by atoms with Crippen molar-refractivity contribution in [1.82, 2.24) is 24.5 Å². The van der Waals surface area contributed by atoms with Crippen LogP contribution >= 0.6 is 23.2 Å². The lowest BCUT2D eigenvalue weighted by Gasteiger charge is -2.46. The van der Waals surface area contributed by atoms with Crippen LogP contribution in [0.1, 0.15) is 32.9 Å². The van der Waals surface area contributed by atoms with Gasteiger partial charge in [0.1, 0.15) is 28.9 Å². The molecule has 4 aromatic rings. The van der Waals surface area contributed by atoms with Crippen molar-refractivity contribution >= 4 is 51.2 Å². The summed E-state index contributed by atoms with van der Waals surface area (Å²) in [6.45, 7) is 3.43. The van der Waals surface area contributed by atoms with Crippen molar-refractivity contribution in [2.45, 2.75) is 50.7 Å². The number of pyridine rings is 1. The van der Waals surface area contributed by atoms with Gasteiger partial charge in [-0.3, -0.25) is 9.36 Å². The predicted molar refractivity (Wildman–Crippen MR) is 128 cm³/mol. The number of hydrogen-bond acceptors (Lipinski definition) is 8. The van der Waals surface area contributed by atoms with Crippen LogP contribution in [0.15, 0.2) is 43.0 Å². The molecule has 1 spiro atoms. The number of hydrogen-bond donors (Lipinski definition) is 0. The second-order valence-electron chi connectivity index (χ2n) is 9.06. The van der Waals surface area contributed by atoms with E-state index in [0.29, 0.717) is 29.2 Å². The minimum atomic E-state index is -0.599. The van der Waals surface area contributed by atoms with Gasteiger partial charge in [0, 0.05) is 37.1 Å². The Hall–Kier alpha value is -3.01. The molecule has 0 amide bonds. The Balaban J connectivity index is 1.24. The van der Waals surface area contributed by atoms with Crippen LogP contribution in [0.5, 0.6) is 5.75 Å². The summed E-state index contributed by atoms with van der Waals surface area (Å²) in [5.41, 5.74) is 1.25. The number of halogens is 2. The Bertz CT molecular complexity index is 1450. The number of benzene rings is 1. The van der Waals surface area contributed by atoms with Gasteiger partial charge < -0.3 is 14.2 Å². The SMILES string of the molecule is CC(=O)O[C@H]1[C@H](n2cnc3c(Cl)ncnc32)O[C@]2(C[C@H](Oc3ccc4ccc(Cl)nc4c3)C2)[C@H]1C. The molecule has 1 aliphatic carbocycles. The highest BCUT2D eigenvalue weighted by Gasteiger charge is 2.62. The number of ether oxygens (including phenoxy) is 3. The number of imidazole rings is 1. The highest BCUT2D eigenvalue weighted by atomic mass is 35.5. The molecule has 0 N–H and O–H groups in total. The van der Waals surface area contributed by atoms with Crippen LogP contribution in [0.3, 0.4) is 0 Å². The van der Waals surface area contributed by atoms with Crippen molar-refractivity contribution in [2.24, 2.45) is 5.92 Å². The number of carbonyl (C=O) groups is 1. The highest BCUT2D eigenvalue weighted by molar-refractivity contribution is 6.33. The maximum atomic E-state index is 11.9. The summed E-state index contributed by atoms with van der Waals surface area (Å²) >= 11 is 12.2. The lowest BCUT2D eigenvalue weighted by molar-refractivity contribution is -0.171. The molecule has 4 heterocycles. The van der Waals surface area contributed by atoms with Gasteiger partial charge in [-0.15, -0.1) is 0 Å². The molecule has 3 aromatic heterocycles. The van der Waals surface area contributed by atoms with E-state index in [2.05, 4.69) is 19.9 Å². The first-order chi connectivity index (χ1) is 16.8. The van der Waals surface area contributed by atoms with Gasteiger partial charge in [0.05, 0.1) is 17.4 Å². The third-order valence-electron chi connectivity index (χ3n) is 6.93. The van der Waals surface area contributed by atoms with Gasteiger partial charge in [0.15, 0.2) is 23.1 Å². The number of rotatable bonds is 4. The zero-order valence-electron chi connectivity index (χ0n) is 18.9. The van der Waals surface area contributed by atoms with Crippen LogP contribution in [-0.2, 0) is 14.3 Å². The molecule has 0 bridgehead atoms. The standard InChI is InChI=1S/C24H21Cl2N5O4/c1-12-20(33-13(2)32)23(31-11-29-19-21(26)27-10-28-22(19)31)35-24(12)8-16(9-24)34-15-5-3-14-4-6-18(25)30-17(14)7-15/h3-7,10-12,16,20,23H,8-9H2,1-2H3/t12-,16-,20+,23+,24-/m0/s1. The first-order valence-electron chi connectivity index (χ1n) is 11.2. The zero-order valence-corrected chi connectivity index (χ0v) is 20.4. The zero-order chi connectivity index (χ0) is 24.3. The van der Waals surface area contributed by atoms with Crippen molar-refractivity contribution in [3.05, 3.63) is 53.3 Å². The Kier molecular flexibility index (Phi) is 5.32. The molecule has 0 unspecified atom stereocenters. The van der Waals surface area contributed by atoms with Gasteiger partial charge in [-0.25, -0.2) is 19.9 Å². The van der Waals surface area contributed by atoms with E-state index in [1.165, 1.54) is 13.3 Å². The van der Waals surface area contributed by atoms with E-state index in [-0.39, 0.29) is 23.1 Å². The molecule has 35 heavy (non-hydrogen) atoms. The fraction of sp³-hybridized carbons (Fsp3) is 0.375. The number of aromatic nitrogens is 5. The molecule has 180 valence electrons. The van der Waals surface area contributed by atoms with Crippen LogP contribution in [-0.4, -0.2) is 48.3 Å². The van der Waals surface area contributed by atoms with E-state index in [9.17, 15) is 4.79 Å². The average Bonchev–Trinajstić information content (AvgIpc) is 3.34. The summed E-state index contributed by atoms with van der Waals surface area (Å²) in [7, 11) is 0. The largest absolute Gasteiger partial charge is 0.490 e. The molecular weight excluding hydrogens is 493 g/mol. The number of nitrogens with zero attached hydrogens (tertiary/aromatic N) is 5. The van der Waals surface area contributed by atoms with E-state index >= 15 is 0 Å². The lowest BCUT2D eigenvalue weighted by Crippen LogP contribution is -2.54. The maximum absolute atomic E-state index is 11.9. The van der Waals surface area contributed by atoms with Crippen LogP contribution in [0.4, 0.5) is 0 Å². The van der Waals surface area contributed by atoms with E-state index < -0.39 is 17.9 Å². The minimum Gasteiger partial charge on any atom is -0.490 e. The van der Waals surface area contributed by atoms with Crippen molar-refractivity contribution in [2.75, 3.05) is 0 Å². The monoisotopic (exact) mass is 513 g/mol. The number of esters is 1. The van der Waals surface area contributed by atoms with E-state index in [1.807, 2.05) is 31.2 Å². The second-order valence-corrected chi connectivity index (χ2v) is 9.81. The summed E-state index contributed by atoms with van der Waals surface area (Å²) in [6, 6.07) is 9.46. The molecule has 1 saturated heterocycles. The van der Waals surface area contributed by atoms with Crippen LogP contribution in [0.25, 0.3) is 22.1 Å². The molecular formula is C24H21Cl2N5O4. The Morgan fingerprint density at radius 1 is 1.17 bits per heavy atom. The molecule has 3 atom stereocenters. The van der Waals surface area contributed by atoms with Crippen LogP contribution in [0, 0.1) is 5.92 Å². The molecule has 1 saturated carbocycles. The normalized spacial score (nSPS) is 27.9. The van der Waals surface area contributed by atoms with E-state index in [1.54, 1.807) is 17.0 Å². The Morgan fingerprint density at radius 3 is 2.77 bits per heavy atom. The van der Waals surface area contributed by atoms with Gasteiger partial charge in [0.25, 0.3) is 0 Å². The molecule has 2 fully saturated rings. The number of fused-ring (bicyclic) bond motifs is 2. The van der Waals surface area contributed by atoms with Crippen molar-refractivity contribution in [1.29, 1.82) is 0 Å². The quantitative estimate of drug-likeness (QED) is 0.218. The fourth-order valence-corrected chi connectivity index (χ4v) is 5.47. The predicted octanol–water partition coefficient (Wildman–Crippen LogP) is 4.76. The van der Waals surface area contributed by atoms with Gasteiger partial charge in [-0.2, -0.15) is 0 Å². The molecule has 1 aromatic carbocycles. The van der Waals surface area contributed by atoms with Gasteiger partial charge in [-0.1, -0.05) is 30.1 Å². The number of carbonyl (C=O) groups excluding carboxylic acids is 1. The molecule has 0 radical (unpaired) electrons. The van der Waals surface area contributed by atoms with Crippen molar-refractivity contribution < 1.29 is 19.0 Å². The summed E-state index contributed by atoms with van der Waals surface area (Å²) in [5, 5.41) is 1.68.